The van der Waals surface area contributed by atoms with Gasteiger partial charge in [-0.2, -0.15) is 0 Å². The predicted molar refractivity (Wildman–Crippen MR) is 42.8 cm³/mol. The molecule has 6 nitrogen and oxygen atoms in total. The fourth-order valence-electron chi connectivity index (χ4n) is 0.896. The van der Waals surface area contributed by atoms with Gasteiger partial charge < -0.3 is 11.6 Å². The van der Waals surface area contributed by atoms with Crippen molar-refractivity contribution in [2.45, 2.75) is 0 Å². The number of carboxylic acid groups (broad SMARTS) is 1. The molecule has 0 aliphatic carbocycles. The van der Waals surface area contributed by atoms with E-state index in [4.69, 9.17) is 10.2 Å². The molecule has 0 atom stereocenters. The summed E-state index contributed by atoms with van der Waals surface area (Å²) in [4.78, 5) is 19.9. The zero-order valence-corrected chi connectivity index (χ0v) is 9.30. The van der Waals surface area contributed by atoms with Crippen LogP contribution >= 0.6 is 0 Å². The average Bonchev–Trinajstić information content (AvgIpc) is 2.02. The van der Waals surface area contributed by atoms with Gasteiger partial charge in [-0.15, -0.1) is 0 Å². The minimum Gasteiger partial charge on any atom is -1.00 e. The summed E-state index contributed by atoms with van der Waals surface area (Å²) in [6.45, 7) is 0. The number of phenols is 1. The van der Waals surface area contributed by atoms with Crippen molar-refractivity contribution in [2.75, 3.05) is 0 Å². The molecule has 0 unspecified atom stereocenters. The molecule has 70 valence electrons. The third-order valence-corrected chi connectivity index (χ3v) is 1.43. The van der Waals surface area contributed by atoms with Gasteiger partial charge in [0, 0.05) is 0 Å². The molecule has 0 amide bonds. The largest absolute Gasteiger partial charge is 1.00 e. The Balaban J connectivity index is 0. The second kappa shape index (κ2) is 4.94. The minimum absolute atomic E-state index is 0. The first-order chi connectivity index (χ1) is 6.04. The van der Waals surface area contributed by atoms with Gasteiger partial charge in [-0.3, -0.25) is 10.1 Å². The number of nitrogens with zero attached hydrogens (tertiary/aromatic N) is 1. The maximum atomic E-state index is 10.5. The smallest absolute Gasteiger partial charge is 1.00 e. The molecule has 0 spiro atoms. The van der Waals surface area contributed by atoms with Crippen molar-refractivity contribution < 1.29 is 50.9 Å². The first-order valence-electron chi connectivity index (χ1n) is 3.23. The van der Waals surface area contributed by atoms with Crippen LogP contribution in [0.5, 0.6) is 5.75 Å². The van der Waals surface area contributed by atoms with Crippen LogP contribution < -0.4 is 29.6 Å². The van der Waals surface area contributed by atoms with Crippen molar-refractivity contribution in [2.24, 2.45) is 0 Å². The SMILES string of the molecule is O=C(O)c1cccc(O)c1[N+](=O)[O-].[H-].[Na+]. The molecule has 14 heavy (non-hydrogen) atoms. The van der Waals surface area contributed by atoms with Crippen molar-refractivity contribution in [1.29, 1.82) is 0 Å². The van der Waals surface area contributed by atoms with Crippen molar-refractivity contribution in [1.82, 2.24) is 0 Å². The van der Waals surface area contributed by atoms with Gasteiger partial charge in [-0.05, 0) is 12.1 Å². The Bertz CT molecular complexity index is 384. The molecule has 0 fully saturated rings. The molecule has 1 aromatic carbocycles. The molecule has 7 heteroatoms. The van der Waals surface area contributed by atoms with Crippen LogP contribution in [0.15, 0.2) is 18.2 Å². The van der Waals surface area contributed by atoms with Gasteiger partial charge in [0.15, 0.2) is 5.75 Å². The monoisotopic (exact) mass is 207 g/mol. The van der Waals surface area contributed by atoms with Crippen LogP contribution in [-0.2, 0) is 0 Å². The van der Waals surface area contributed by atoms with Crippen LogP contribution in [0.2, 0.25) is 0 Å². The summed E-state index contributed by atoms with van der Waals surface area (Å²) in [5.74, 6) is -2.09. The summed E-state index contributed by atoms with van der Waals surface area (Å²) in [7, 11) is 0. The third-order valence-electron chi connectivity index (χ3n) is 1.43. The van der Waals surface area contributed by atoms with E-state index < -0.39 is 27.9 Å². The van der Waals surface area contributed by atoms with E-state index in [9.17, 15) is 14.9 Å². The standard InChI is InChI=1S/C7H5NO5.Na.H/c9-5-3-1-2-4(7(10)11)6(5)8(12)13;;/h1-3,9H,(H,10,11);;/q;+1;-1. The fraction of sp³-hybridized carbons (Fsp3) is 0. The number of nitro benzene ring substituents is 1. The summed E-state index contributed by atoms with van der Waals surface area (Å²) in [5, 5.41) is 27.9. The molecule has 2 N–H and O–H groups in total. The summed E-state index contributed by atoms with van der Waals surface area (Å²) >= 11 is 0. The molecule has 0 saturated carbocycles. The molecule has 0 heterocycles. The van der Waals surface area contributed by atoms with Crippen LogP contribution in [-0.4, -0.2) is 21.1 Å². The number of para-hydroxylation sites is 1. The molecule has 0 radical (unpaired) electrons. The van der Waals surface area contributed by atoms with Gasteiger partial charge in [-0.1, -0.05) is 6.07 Å². The minimum atomic E-state index is -1.44. The maximum absolute atomic E-state index is 10.5. The first-order valence-corrected chi connectivity index (χ1v) is 3.23. The van der Waals surface area contributed by atoms with Gasteiger partial charge in [0.1, 0.15) is 5.56 Å². The summed E-state index contributed by atoms with van der Waals surface area (Å²) in [6, 6.07) is 3.34. The third kappa shape index (κ3) is 2.44. The fourth-order valence-corrected chi connectivity index (χ4v) is 0.896. The van der Waals surface area contributed by atoms with Crippen molar-refractivity contribution >= 4 is 11.7 Å². The second-order valence-electron chi connectivity index (χ2n) is 2.24. The van der Waals surface area contributed by atoms with Crippen LogP contribution in [0.3, 0.4) is 0 Å². The summed E-state index contributed by atoms with van der Waals surface area (Å²) < 4.78 is 0. The average molecular weight is 207 g/mol. The van der Waals surface area contributed by atoms with Crippen LogP contribution in [0, 0.1) is 10.1 Å². The number of benzene rings is 1. The first kappa shape index (κ1) is 12.9. The Labute approximate surface area is 102 Å². The van der Waals surface area contributed by atoms with Gasteiger partial charge in [-0.25, -0.2) is 4.79 Å². The van der Waals surface area contributed by atoms with Gasteiger partial charge in [0.2, 0.25) is 0 Å². The quantitative estimate of drug-likeness (QED) is 0.335. The van der Waals surface area contributed by atoms with Crippen molar-refractivity contribution in [3.8, 4) is 5.75 Å². The number of aromatic hydroxyl groups is 1. The Kier molecular flexibility index (Phi) is 4.55. The molecular weight excluding hydrogens is 201 g/mol. The zero-order chi connectivity index (χ0) is 10.0. The maximum Gasteiger partial charge on any atom is 1.00 e. The van der Waals surface area contributed by atoms with E-state index in [1.165, 1.54) is 6.07 Å². The molecule has 0 saturated heterocycles. The Morgan fingerprint density at radius 3 is 2.43 bits per heavy atom. The number of rotatable bonds is 2. The van der Waals surface area contributed by atoms with Gasteiger partial charge in [0.05, 0.1) is 4.92 Å². The van der Waals surface area contributed by atoms with E-state index >= 15 is 0 Å². The molecule has 0 aliphatic rings. The molecular formula is C7H6NNaO5. The van der Waals surface area contributed by atoms with E-state index in [2.05, 4.69) is 0 Å². The van der Waals surface area contributed by atoms with E-state index in [0.29, 0.717) is 0 Å². The number of phenolic OH excluding ortho intramolecular Hbond substituents is 1. The second-order valence-corrected chi connectivity index (χ2v) is 2.24. The van der Waals surface area contributed by atoms with Crippen LogP contribution in [0.25, 0.3) is 0 Å². The van der Waals surface area contributed by atoms with Gasteiger partial charge in [0.25, 0.3) is 0 Å². The molecule has 0 bridgehead atoms. The molecule has 0 aliphatic heterocycles. The number of nitro groups is 1. The topological polar surface area (TPSA) is 101 Å². The van der Waals surface area contributed by atoms with Crippen LogP contribution in [0.4, 0.5) is 5.69 Å². The summed E-state index contributed by atoms with van der Waals surface area (Å²) in [6.07, 6.45) is 0. The molecule has 1 aromatic rings. The Morgan fingerprint density at radius 2 is 2.07 bits per heavy atom. The number of hydrogen-bond donors (Lipinski definition) is 2. The Hall–Kier alpha value is -1.11. The Morgan fingerprint density at radius 1 is 1.50 bits per heavy atom. The van der Waals surface area contributed by atoms with E-state index in [1.54, 1.807) is 0 Å². The van der Waals surface area contributed by atoms with Gasteiger partial charge >= 0.3 is 41.2 Å². The van der Waals surface area contributed by atoms with E-state index in [0.717, 1.165) is 12.1 Å². The number of aromatic carboxylic acids is 1. The molecule has 0 aromatic heterocycles. The molecule has 1 rings (SSSR count). The van der Waals surface area contributed by atoms with Crippen LogP contribution in [0.1, 0.15) is 11.8 Å². The number of hydrogen-bond acceptors (Lipinski definition) is 4. The predicted octanol–water partition coefficient (Wildman–Crippen LogP) is -1.88. The normalized spacial score (nSPS) is 8.86. The van der Waals surface area contributed by atoms with Crippen molar-refractivity contribution in [3.05, 3.63) is 33.9 Å². The van der Waals surface area contributed by atoms with Crippen molar-refractivity contribution in [3.63, 3.8) is 0 Å². The van der Waals surface area contributed by atoms with E-state index in [-0.39, 0.29) is 31.0 Å². The van der Waals surface area contributed by atoms with E-state index in [1.807, 2.05) is 0 Å². The number of carbonyl (C=O) groups is 1. The zero-order valence-electron chi connectivity index (χ0n) is 8.30. The number of carboxylic acids is 1. The summed E-state index contributed by atoms with van der Waals surface area (Å²) in [5.41, 5.74) is -1.31.